The van der Waals surface area contributed by atoms with Gasteiger partial charge in [0, 0.05) is 38.3 Å². The van der Waals surface area contributed by atoms with Crippen molar-refractivity contribution in [1.82, 2.24) is 20.3 Å². The molecule has 0 atom stereocenters. The van der Waals surface area contributed by atoms with Crippen LogP contribution in [0.1, 0.15) is 22.5 Å². The molecule has 1 aromatic heterocycles. The lowest BCUT2D eigenvalue weighted by molar-refractivity contribution is 0.0948. The Balaban J connectivity index is 1.53. The Bertz CT molecular complexity index is 691. The first-order chi connectivity index (χ1) is 12.1. The smallest absolute Gasteiger partial charge is 0.257 e. The third kappa shape index (κ3) is 4.46. The fourth-order valence-electron chi connectivity index (χ4n) is 3.10. The van der Waals surface area contributed by atoms with E-state index in [0.29, 0.717) is 23.6 Å². The summed E-state index contributed by atoms with van der Waals surface area (Å²) in [4.78, 5) is 17.4. The van der Waals surface area contributed by atoms with E-state index in [0.717, 1.165) is 44.7 Å². The summed E-state index contributed by atoms with van der Waals surface area (Å²) in [5.41, 5.74) is 2.03. The third-order valence-electron chi connectivity index (χ3n) is 4.67. The van der Waals surface area contributed by atoms with Crippen molar-refractivity contribution >= 4 is 5.91 Å². The standard InChI is InChI=1S/C19H26N4O2/c1-15-17(18(21-25-15)16-7-4-3-5-8-16)19(24)20-9-6-10-23-13-11-22(2)12-14-23/h3-5,7-8H,6,9-14H2,1-2H3,(H,20,24). The monoisotopic (exact) mass is 342 g/mol. The van der Waals surface area contributed by atoms with Gasteiger partial charge in [-0.2, -0.15) is 0 Å². The highest BCUT2D eigenvalue weighted by Gasteiger charge is 2.21. The van der Waals surface area contributed by atoms with Crippen LogP contribution in [0.25, 0.3) is 11.3 Å². The Morgan fingerprint density at radius 3 is 2.64 bits per heavy atom. The number of aryl methyl sites for hydroxylation is 1. The number of hydrogen-bond acceptors (Lipinski definition) is 5. The predicted octanol–water partition coefficient (Wildman–Crippen LogP) is 2.02. The summed E-state index contributed by atoms with van der Waals surface area (Å²) in [6, 6.07) is 9.66. The summed E-state index contributed by atoms with van der Waals surface area (Å²) in [7, 11) is 2.16. The number of nitrogens with one attached hydrogen (secondary N) is 1. The fraction of sp³-hybridized carbons (Fsp3) is 0.474. The first-order valence-electron chi connectivity index (χ1n) is 8.86. The Labute approximate surface area is 148 Å². The molecule has 0 saturated carbocycles. The van der Waals surface area contributed by atoms with Crippen molar-refractivity contribution in [3.63, 3.8) is 0 Å². The Hall–Kier alpha value is -2.18. The highest BCUT2D eigenvalue weighted by Crippen LogP contribution is 2.24. The van der Waals surface area contributed by atoms with Crippen molar-refractivity contribution in [2.75, 3.05) is 46.3 Å². The molecule has 1 N–H and O–H groups in total. The summed E-state index contributed by atoms with van der Waals surface area (Å²) >= 11 is 0. The Morgan fingerprint density at radius 2 is 1.92 bits per heavy atom. The van der Waals surface area contributed by atoms with E-state index in [-0.39, 0.29) is 5.91 Å². The molecule has 1 amide bonds. The zero-order chi connectivity index (χ0) is 17.6. The molecule has 0 radical (unpaired) electrons. The highest BCUT2D eigenvalue weighted by molar-refractivity contribution is 6.00. The molecule has 1 aliphatic rings. The molecule has 0 bridgehead atoms. The molecule has 0 aliphatic carbocycles. The van der Waals surface area contributed by atoms with E-state index in [1.807, 2.05) is 30.3 Å². The first-order valence-corrected chi connectivity index (χ1v) is 8.86. The summed E-state index contributed by atoms with van der Waals surface area (Å²) in [6.07, 6.45) is 0.945. The van der Waals surface area contributed by atoms with Crippen LogP contribution in [0.5, 0.6) is 0 Å². The van der Waals surface area contributed by atoms with Crippen LogP contribution in [0.3, 0.4) is 0 Å². The second kappa shape index (κ2) is 8.27. The lowest BCUT2D eigenvalue weighted by Gasteiger charge is -2.32. The van der Waals surface area contributed by atoms with Crippen molar-refractivity contribution in [3.05, 3.63) is 41.7 Å². The number of amides is 1. The van der Waals surface area contributed by atoms with Crippen LogP contribution in [-0.2, 0) is 0 Å². The second-order valence-electron chi connectivity index (χ2n) is 6.58. The predicted molar refractivity (Wildman–Crippen MR) is 97.6 cm³/mol. The maximum atomic E-state index is 12.6. The number of rotatable bonds is 6. The van der Waals surface area contributed by atoms with Gasteiger partial charge in [0.05, 0.1) is 0 Å². The minimum absolute atomic E-state index is 0.115. The number of piperazine rings is 1. The van der Waals surface area contributed by atoms with Gasteiger partial charge >= 0.3 is 0 Å². The molecule has 1 saturated heterocycles. The van der Waals surface area contributed by atoms with Gasteiger partial charge in [-0.1, -0.05) is 35.5 Å². The molecule has 3 rings (SSSR count). The zero-order valence-corrected chi connectivity index (χ0v) is 15.0. The van der Waals surface area contributed by atoms with Crippen molar-refractivity contribution < 1.29 is 9.32 Å². The Morgan fingerprint density at radius 1 is 1.20 bits per heavy atom. The van der Waals surface area contributed by atoms with Crippen LogP contribution in [0.2, 0.25) is 0 Å². The SMILES string of the molecule is Cc1onc(-c2ccccc2)c1C(=O)NCCCN1CCN(C)CC1. The quantitative estimate of drug-likeness (QED) is 0.814. The third-order valence-corrected chi connectivity index (χ3v) is 4.67. The van der Waals surface area contributed by atoms with Gasteiger partial charge in [0.15, 0.2) is 0 Å². The molecule has 134 valence electrons. The maximum absolute atomic E-state index is 12.6. The van der Waals surface area contributed by atoms with Crippen molar-refractivity contribution in [2.45, 2.75) is 13.3 Å². The molecule has 6 heteroatoms. The van der Waals surface area contributed by atoms with Crippen LogP contribution in [0.4, 0.5) is 0 Å². The number of carbonyl (C=O) groups excluding carboxylic acids is 1. The van der Waals surface area contributed by atoms with Gasteiger partial charge in [-0.15, -0.1) is 0 Å². The van der Waals surface area contributed by atoms with E-state index in [1.54, 1.807) is 6.92 Å². The average molecular weight is 342 g/mol. The molecular weight excluding hydrogens is 316 g/mol. The number of benzene rings is 1. The van der Waals surface area contributed by atoms with Gasteiger partial charge in [-0.3, -0.25) is 4.79 Å². The first kappa shape index (κ1) is 17.6. The highest BCUT2D eigenvalue weighted by atomic mass is 16.5. The zero-order valence-electron chi connectivity index (χ0n) is 15.0. The van der Waals surface area contributed by atoms with Gasteiger partial charge in [0.2, 0.25) is 0 Å². The van der Waals surface area contributed by atoms with Crippen LogP contribution in [0.15, 0.2) is 34.9 Å². The summed E-state index contributed by atoms with van der Waals surface area (Å²) in [5, 5.41) is 7.08. The van der Waals surface area contributed by atoms with Crippen LogP contribution in [-0.4, -0.2) is 67.2 Å². The Kier molecular flexibility index (Phi) is 5.83. The minimum atomic E-state index is -0.115. The van der Waals surface area contributed by atoms with Crippen molar-refractivity contribution in [3.8, 4) is 11.3 Å². The largest absolute Gasteiger partial charge is 0.360 e. The van der Waals surface area contributed by atoms with E-state index < -0.39 is 0 Å². The van der Waals surface area contributed by atoms with Gasteiger partial charge in [-0.25, -0.2) is 0 Å². The number of hydrogen-bond donors (Lipinski definition) is 1. The van der Waals surface area contributed by atoms with Crippen molar-refractivity contribution in [1.29, 1.82) is 0 Å². The second-order valence-corrected chi connectivity index (χ2v) is 6.58. The molecule has 6 nitrogen and oxygen atoms in total. The minimum Gasteiger partial charge on any atom is -0.360 e. The van der Waals surface area contributed by atoms with E-state index in [9.17, 15) is 4.79 Å². The average Bonchev–Trinajstić information content (AvgIpc) is 3.02. The molecule has 1 fully saturated rings. The van der Waals surface area contributed by atoms with Crippen molar-refractivity contribution in [2.24, 2.45) is 0 Å². The molecule has 25 heavy (non-hydrogen) atoms. The molecular formula is C19H26N4O2. The molecule has 1 aliphatic heterocycles. The van der Waals surface area contributed by atoms with E-state index in [4.69, 9.17) is 4.52 Å². The normalized spacial score (nSPS) is 16.1. The number of nitrogens with zero attached hydrogens (tertiary/aromatic N) is 3. The van der Waals surface area contributed by atoms with Crippen LogP contribution in [0, 0.1) is 6.92 Å². The van der Waals surface area contributed by atoms with Gasteiger partial charge in [0.1, 0.15) is 17.0 Å². The summed E-state index contributed by atoms with van der Waals surface area (Å²) in [5.74, 6) is 0.436. The molecule has 2 heterocycles. The van der Waals surface area contributed by atoms with Gasteiger partial charge in [0.25, 0.3) is 5.91 Å². The lowest BCUT2D eigenvalue weighted by atomic mass is 10.1. The maximum Gasteiger partial charge on any atom is 0.257 e. The number of carbonyl (C=O) groups is 1. The molecule has 2 aromatic rings. The van der Waals surface area contributed by atoms with Gasteiger partial charge in [-0.05, 0) is 26.9 Å². The van der Waals surface area contributed by atoms with Gasteiger partial charge < -0.3 is 19.6 Å². The molecule has 0 unspecified atom stereocenters. The molecule has 0 spiro atoms. The van der Waals surface area contributed by atoms with E-state index in [2.05, 4.69) is 27.3 Å². The van der Waals surface area contributed by atoms with Crippen LogP contribution >= 0.6 is 0 Å². The fourth-order valence-corrected chi connectivity index (χ4v) is 3.10. The molecule has 1 aromatic carbocycles. The summed E-state index contributed by atoms with van der Waals surface area (Å²) in [6.45, 7) is 7.89. The topological polar surface area (TPSA) is 61.6 Å². The van der Waals surface area contributed by atoms with E-state index in [1.165, 1.54) is 0 Å². The van der Waals surface area contributed by atoms with E-state index >= 15 is 0 Å². The summed E-state index contributed by atoms with van der Waals surface area (Å²) < 4.78 is 5.26. The number of aromatic nitrogens is 1. The number of likely N-dealkylation sites (N-methyl/N-ethyl adjacent to an activating group) is 1. The lowest BCUT2D eigenvalue weighted by Crippen LogP contribution is -2.45. The van der Waals surface area contributed by atoms with Crippen LogP contribution < -0.4 is 5.32 Å².